The molecule has 0 fully saturated rings. The third-order valence-electron chi connectivity index (χ3n) is 2.16. The SMILES string of the molecule is Cc1ncc(C(=O)NC(CO)C(C)C)s1. The molecule has 5 heteroatoms. The lowest BCUT2D eigenvalue weighted by atomic mass is 10.1. The molecular weight excluding hydrogens is 212 g/mol. The fourth-order valence-electron chi connectivity index (χ4n) is 1.13. The topological polar surface area (TPSA) is 62.2 Å². The van der Waals surface area contributed by atoms with Gasteiger partial charge in [0.25, 0.3) is 5.91 Å². The maximum atomic E-state index is 11.7. The molecule has 0 aliphatic heterocycles. The maximum absolute atomic E-state index is 11.7. The van der Waals surface area contributed by atoms with Gasteiger partial charge in [-0.3, -0.25) is 4.79 Å². The molecule has 1 unspecified atom stereocenters. The van der Waals surface area contributed by atoms with E-state index in [0.29, 0.717) is 4.88 Å². The Labute approximate surface area is 93.4 Å². The molecule has 0 saturated carbocycles. The number of carbonyl (C=O) groups is 1. The molecule has 2 N–H and O–H groups in total. The average Bonchev–Trinajstić information content (AvgIpc) is 2.60. The van der Waals surface area contributed by atoms with Crippen LogP contribution in [-0.4, -0.2) is 28.6 Å². The summed E-state index contributed by atoms with van der Waals surface area (Å²) in [4.78, 5) is 16.3. The first-order valence-electron chi connectivity index (χ1n) is 4.88. The van der Waals surface area contributed by atoms with Crippen LogP contribution in [0.3, 0.4) is 0 Å². The van der Waals surface area contributed by atoms with Crippen LogP contribution in [0.4, 0.5) is 0 Å². The second-order valence-corrected chi connectivity index (χ2v) is 4.98. The quantitative estimate of drug-likeness (QED) is 0.814. The fourth-order valence-corrected chi connectivity index (χ4v) is 1.81. The van der Waals surface area contributed by atoms with Gasteiger partial charge < -0.3 is 10.4 Å². The Morgan fingerprint density at radius 2 is 2.33 bits per heavy atom. The zero-order chi connectivity index (χ0) is 11.4. The molecule has 1 aromatic rings. The highest BCUT2D eigenvalue weighted by atomic mass is 32.1. The molecule has 0 spiro atoms. The molecule has 1 heterocycles. The van der Waals surface area contributed by atoms with Gasteiger partial charge in [0.15, 0.2) is 0 Å². The van der Waals surface area contributed by atoms with E-state index in [-0.39, 0.29) is 24.5 Å². The van der Waals surface area contributed by atoms with Crippen LogP contribution in [0.15, 0.2) is 6.20 Å². The first-order chi connectivity index (χ1) is 7.04. The minimum atomic E-state index is -0.195. The highest BCUT2D eigenvalue weighted by Crippen LogP contribution is 2.12. The zero-order valence-corrected chi connectivity index (χ0v) is 9.97. The molecule has 0 bridgehead atoms. The number of hydrogen-bond donors (Lipinski definition) is 2. The third-order valence-corrected chi connectivity index (χ3v) is 3.07. The minimum absolute atomic E-state index is 0.0405. The number of hydrogen-bond acceptors (Lipinski definition) is 4. The number of thiazole rings is 1. The zero-order valence-electron chi connectivity index (χ0n) is 9.15. The molecule has 0 radical (unpaired) electrons. The number of nitrogens with one attached hydrogen (secondary N) is 1. The van der Waals surface area contributed by atoms with E-state index in [1.54, 1.807) is 6.20 Å². The number of aromatic nitrogens is 1. The van der Waals surface area contributed by atoms with E-state index in [2.05, 4.69) is 10.3 Å². The van der Waals surface area contributed by atoms with E-state index < -0.39 is 0 Å². The Hall–Kier alpha value is -0.940. The van der Waals surface area contributed by atoms with Gasteiger partial charge in [-0.05, 0) is 12.8 Å². The Bertz CT molecular complexity index is 336. The predicted octanol–water partition coefficient (Wildman–Crippen LogP) is 1.20. The van der Waals surface area contributed by atoms with E-state index in [0.717, 1.165) is 5.01 Å². The lowest BCUT2D eigenvalue weighted by molar-refractivity contribution is 0.0901. The van der Waals surface area contributed by atoms with Gasteiger partial charge in [0, 0.05) is 0 Å². The van der Waals surface area contributed by atoms with E-state index in [9.17, 15) is 4.79 Å². The predicted molar refractivity (Wildman–Crippen MR) is 60.0 cm³/mol. The van der Waals surface area contributed by atoms with Crippen LogP contribution in [-0.2, 0) is 0 Å². The van der Waals surface area contributed by atoms with Crippen molar-refractivity contribution in [2.24, 2.45) is 5.92 Å². The molecular formula is C10H16N2O2S. The van der Waals surface area contributed by atoms with Gasteiger partial charge in [0.05, 0.1) is 23.9 Å². The van der Waals surface area contributed by atoms with Gasteiger partial charge in [-0.15, -0.1) is 11.3 Å². The van der Waals surface area contributed by atoms with Crippen molar-refractivity contribution in [3.63, 3.8) is 0 Å². The maximum Gasteiger partial charge on any atom is 0.263 e. The van der Waals surface area contributed by atoms with Crippen molar-refractivity contribution in [1.82, 2.24) is 10.3 Å². The highest BCUT2D eigenvalue weighted by molar-refractivity contribution is 7.13. The van der Waals surface area contributed by atoms with Crippen molar-refractivity contribution in [3.8, 4) is 0 Å². The number of aryl methyl sites for hydroxylation is 1. The fraction of sp³-hybridized carbons (Fsp3) is 0.600. The summed E-state index contributed by atoms with van der Waals surface area (Å²) in [6, 6.07) is -0.195. The van der Waals surface area contributed by atoms with E-state index >= 15 is 0 Å². The van der Waals surface area contributed by atoms with Crippen LogP contribution in [0.1, 0.15) is 28.5 Å². The summed E-state index contributed by atoms with van der Waals surface area (Å²) in [7, 11) is 0. The monoisotopic (exact) mass is 228 g/mol. The number of carbonyl (C=O) groups excluding carboxylic acids is 1. The van der Waals surface area contributed by atoms with Crippen LogP contribution in [0.25, 0.3) is 0 Å². The first-order valence-corrected chi connectivity index (χ1v) is 5.70. The molecule has 0 aliphatic carbocycles. The molecule has 1 rings (SSSR count). The summed E-state index contributed by atoms with van der Waals surface area (Å²) in [6.45, 7) is 5.73. The molecule has 84 valence electrons. The van der Waals surface area contributed by atoms with Crippen LogP contribution in [0.2, 0.25) is 0 Å². The lowest BCUT2D eigenvalue weighted by Crippen LogP contribution is -2.40. The summed E-state index contributed by atoms with van der Waals surface area (Å²) >= 11 is 1.36. The Kier molecular flexibility index (Phi) is 4.23. The molecule has 0 aromatic carbocycles. The summed E-state index contributed by atoms with van der Waals surface area (Å²) < 4.78 is 0. The Morgan fingerprint density at radius 1 is 1.67 bits per heavy atom. The molecule has 0 saturated heterocycles. The molecule has 4 nitrogen and oxygen atoms in total. The Balaban J connectivity index is 2.62. The van der Waals surface area contributed by atoms with E-state index in [1.807, 2.05) is 20.8 Å². The normalized spacial score (nSPS) is 12.9. The van der Waals surface area contributed by atoms with Gasteiger partial charge in [-0.25, -0.2) is 4.98 Å². The average molecular weight is 228 g/mol. The van der Waals surface area contributed by atoms with Crippen LogP contribution >= 0.6 is 11.3 Å². The van der Waals surface area contributed by atoms with Crippen LogP contribution < -0.4 is 5.32 Å². The highest BCUT2D eigenvalue weighted by Gasteiger charge is 2.17. The van der Waals surface area contributed by atoms with Gasteiger partial charge >= 0.3 is 0 Å². The number of amides is 1. The van der Waals surface area contributed by atoms with Gasteiger partial charge in [-0.1, -0.05) is 13.8 Å². The largest absolute Gasteiger partial charge is 0.394 e. The Morgan fingerprint density at radius 3 is 2.73 bits per heavy atom. The van der Waals surface area contributed by atoms with Crippen molar-refractivity contribution in [2.45, 2.75) is 26.8 Å². The number of rotatable bonds is 4. The van der Waals surface area contributed by atoms with Crippen LogP contribution in [0, 0.1) is 12.8 Å². The second kappa shape index (κ2) is 5.23. The summed E-state index contributed by atoms with van der Waals surface area (Å²) in [5.74, 6) is 0.0568. The van der Waals surface area contributed by atoms with E-state index in [1.165, 1.54) is 11.3 Å². The van der Waals surface area contributed by atoms with Crippen molar-refractivity contribution >= 4 is 17.2 Å². The van der Waals surface area contributed by atoms with Gasteiger partial charge in [-0.2, -0.15) is 0 Å². The number of aliphatic hydroxyl groups excluding tert-OH is 1. The minimum Gasteiger partial charge on any atom is -0.394 e. The first kappa shape index (κ1) is 12.1. The molecule has 1 atom stereocenters. The molecule has 1 amide bonds. The summed E-state index contributed by atoms with van der Waals surface area (Å²) in [5, 5.41) is 12.7. The van der Waals surface area contributed by atoms with Crippen molar-refractivity contribution < 1.29 is 9.90 Å². The number of aliphatic hydroxyl groups is 1. The standard InChI is InChI=1S/C10H16N2O2S/c1-6(2)8(5-13)12-10(14)9-4-11-7(3)15-9/h4,6,8,13H,5H2,1-3H3,(H,12,14). The van der Waals surface area contributed by atoms with Crippen molar-refractivity contribution in [3.05, 3.63) is 16.1 Å². The second-order valence-electron chi connectivity index (χ2n) is 3.75. The van der Waals surface area contributed by atoms with Gasteiger partial charge in [0.2, 0.25) is 0 Å². The molecule has 1 aromatic heterocycles. The van der Waals surface area contributed by atoms with Gasteiger partial charge in [0.1, 0.15) is 4.88 Å². The van der Waals surface area contributed by atoms with Crippen LogP contribution in [0.5, 0.6) is 0 Å². The lowest BCUT2D eigenvalue weighted by Gasteiger charge is -2.19. The molecule has 15 heavy (non-hydrogen) atoms. The summed E-state index contributed by atoms with van der Waals surface area (Å²) in [6.07, 6.45) is 1.56. The van der Waals surface area contributed by atoms with Crippen molar-refractivity contribution in [1.29, 1.82) is 0 Å². The van der Waals surface area contributed by atoms with Crippen molar-refractivity contribution in [2.75, 3.05) is 6.61 Å². The molecule has 0 aliphatic rings. The third kappa shape index (κ3) is 3.28. The number of nitrogens with zero attached hydrogens (tertiary/aromatic N) is 1. The summed E-state index contributed by atoms with van der Waals surface area (Å²) in [5.41, 5.74) is 0. The smallest absolute Gasteiger partial charge is 0.263 e. The van der Waals surface area contributed by atoms with E-state index in [4.69, 9.17) is 5.11 Å².